The molecule has 0 saturated heterocycles. The molecular weight excluding hydrogens is 416 g/mol. The summed E-state index contributed by atoms with van der Waals surface area (Å²) in [5.41, 5.74) is 5.97. The molecule has 1 amide bonds. The van der Waals surface area contributed by atoms with Gasteiger partial charge in [0.15, 0.2) is 17.3 Å². The van der Waals surface area contributed by atoms with Gasteiger partial charge in [-0.05, 0) is 68.7 Å². The van der Waals surface area contributed by atoms with Crippen LogP contribution in [0.1, 0.15) is 27.9 Å². The summed E-state index contributed by atoms with van der Waals surface area (Å²) in [6.45, 7) is 8.11. The van der Waals surface area contributed by atoms with Gasteiger partial charge in [0.25, 0.3) is 0 Å². The van der Waals surface area contributed by atoms with Crippen molar-refractivity contribution in [3.05, 3.63) is 70.4 Å². The number of hydrogen-bond acceptors (Lipinski definition) is 5. The Balaban J connectivity index is 1.64. The Morgan fingerprint density at radius 2 is 1.70 bits per heavy atom. The van der Waals surface area contributed by atoms with Crippen LogP contribution in [0.15, 0.2) is 42.5 Å². The van der Waals surface area contributed by atoms with E-state index in [-0.39, 0.29) is 12.3 Å². The first kappa shape index (κ1) is 22.3. The van der Waals surface area contributed by atoms with Gasteiger partial charge in [0.1, 0.15) is 5.82 Å². The lowest BCUT2D eigenvalue weighted by atomic mass is 10.0. The molecule has 170 valence electrons. The maximum absolute atomic E-state index is 12.9. The van der Waals surface area contributed by atoms with Crippen LogP contribution in [-0.2, 0) is 11.2 Å². The van der Waals surface area contributed by atoms with Gasteiger partial charge in [-0.25, -0.2) is 4.98 Å². The van der Waals surface area contributed by atoms with Crippen LogP contribution in [0.2, 0.25) is 0 Å². The fourth-order valence-corrected chi connectivity index (χ4v) is 4.06. The number of rotatable bonds is 6. The lowest BCUT2D eigenvalue weighted by molar-refractivity contribution is -0.115. The van der Waals surface area contributed by atoms with Crippen molar-refractivity contribution >= 4 is 22.6 Å². The van der Waals surface area contributed by atoms with Crippen LogP contribution in [0.5, 0.6) is 11.5 Å². The van der Waals surface area contributed by atoms with Crippen molar-refractivity contribution in [2.75, 3.05) is 19.5 Å². The van der Waals surface area contributed by atoms with E-state index in [0.29, 0.717) is 23.1 Å². The van der Waals surface area contributed by atoms with E-state index in [9.17, 15) is 4.79 Å². The SMILES string of the molecule is COc1ccc(CC(=O)Nc2cc(C)nn2-c2cc(C)c3cc(C)cc(C)c3n2)cc1OC. The summed E-state index contributed by atoms with van der Waals surface area (Å²) in [5.74, 6) is 2.30. The normalized spacial score (nSPS) is 11.0. The highest BCUT2D eigenvalue weighted by molar-refractivity contribution is 5.92. The second-order valence-corrected chi connectivity index (χ2v) is 8.27. The molecular formula is C26H28N4O3. The zero-order chi connectivity index (χ0) is 23.7. The summed E-state index contributed by atoms with van der Waals surface area (Å²) in [5, 5.41) is 8.70. The summed E-state index contributed by atoms with van der Waals surface area (Å²) < 4.78 is 12.3. The highest BCUT2D eigenvalue weighted by atomic mass is 16.5. The van der Waals surface area contributed by atoms with Crippen molar-refractivity contribution in [1.82, 2.24) is 14.8 Å². The van der Waals surface area contributed by atoms with Crippen molar-refractivity contribution < 1.29 is 14.3 Å². The predicted molar refractivity (Wildman–Crippen MR) is 130 cm³/mol. The van der Waals surface area contributed by atoms with Gasteiger partial charge in [0, 0.05) is 11.5 Å². The molecule has 0 spiro atoms. The topological polar surface area (TPSA) is 78.3 Å². The van der Waals surface area contributed by atoms with Crippen molar-refractivity contribution in [2.24, 2.45) is 0 Å². The predicted octanol–water partition coefficient (Wildman–Crippen LogP) is 4.85. The molecule has 0 fully saturated rings. The molecule has 7 nitrogen and oxygen atoms in total. The number of carbonyl (C=O) groups is 1. The summed E-state index contributed by atoms with van der Waals surface area (Å²) >= 11 is 0. The maximum Gasteiger partial charge on any atom is 0.229 e. The van der Waals surface area contributed by atoms with Crippen LogP contribution < -0.4 is 14.8 Å². The number of methoxy groups -OCH3 is 2. The summed E-state index contributed by atoms with van der Waals surface area (Å²) in [6.07, 6.45) is 0.188. The Morgan fingerprint density at radius 1 is 0.939 bits per heavy atom. The minimum atomic E-state index is -0.160. The van der Waals surface area contributed by atoms with E-state index in [4.69, 9.17) is 14.5 Å². The van der Waals surface area contributed by atoms with Gasteiger partial charge in [0.05, 0.1) is 31.9 Å². The van der Waals surface area contributed by atoms with Gasteiger partial charge >= 0.3 is 0 Å². The largest absolute Gasteiger partial charge is 0.493 e. The molecule has 1 N–H and O–H groups in total. The van der Waals surface area contributed by atoms with E-state index in [1.54, 1.807) is 31.0 Å². The third-order valence-corrected chi connectivity index (χ3v) is 5.57. The molecule has 4 aromatic rings. The average Bonchev–Trinajstić information content (AvgIpc) is 3.13. The number of nitrogens with zero attached hydrogens (tertiary/aromatic N) is 3. The van der Waals surface area contributed by atoms with Crippen molar-refractivity contribution in [3.63, 3.8) is 0 Å². The second-order valence-electron chi connectivity index (χ2n) is 8.27. The van der Waals surface area contributed by atoms with Crippen molar-refractivity contribution in [2.45, 2.75) is 34.1 Å². The first-order valence-electron chi connectivity index (χ1n) is 10.8. The van der Waals surface area contributed by atoms with E-state index in [1.165, 1.54) is 5.56 Å². The standard InChI is InChI=1S/C26H28N4O3/c1-15-9-17(3)26-20(10-15)16(2)11-23(28-26)30-24(12-18(4)29-30)27-25(31)14-19-7-8-21(32-5)22(13-19)33-6/h7-13H,14H2,1-6H3,(H,27,31). The van der Waals surface area contributed by atoms with Crippen LogP contribution in [-0.4, -0.2) is 34.9 Å². The highest BCUT2D eigenvalue weighted by Crippen LogP contribution is 2.28. The minimum Gasteiger partial charge on any atom is -0.493 e. The number of carbonyl (C=O) groups excluding carboxylic acids is 1. The first-order valence-corrected chi connectivity index (χ1v) is 10.8. The smallest absolute Gasteiger partial charge is 0.229 e. The number of ether oxygens (including phenoxy) is 2. The van der Waals surface area contributed by atoms with Crippen LogP contribution in [0, 0.1) is 27.7 Å². The monoisotopic (exact) mass is 444 g/mol. The third kappa shape index (κ3) is 4.53. The molecule has 0 aliphatic carbocycles. The van der Waals surface area contributed by atoms with Crippen LogP contribution >= 0.6 is 0 Å². The lowest BCUT2D eigenvalue weighted by Crippen LogP contribution is -2.17. The van der Waals surface area contributed by atoms with E-state index in [1.807, 2.05) is 25.1 Å². The van der Waals surface area contributed by atoms with Gasteiger partial charge in [-0.2, -0.15) is 9.78 Å². The highest BCUT2D eigenvalue weighted by Gasteiger charge is 2.15. The molecule has 0 aliphatic heterocycles. The van der Waals surface area contributed by atoms with E-state index >= 15 is 0 Å². The van der Waals surface area contributed by atoms with Crippen molar-refractivity contribution in [1.29, 1.82) is 0 Å². The molecule has 2 heterocycles. The Bertz CT molecular complexity index is 1360. The molecule has 4 rings (SSSR count). The Labute approximate surface area is 193 Å². The quantitative estimate of drug-likeness (QED) is 0.460. The fourth-order valence-electron chi connectivity index (χ4n) is 4.06. The molecule has 33 heavy (non-hydrogen) atoms. The Morgan fingerprint density at radius 3 is 2.42 bits per heavy atom. The van der Waals surface area contributed by atoms with E-state index in [2.05, 4.69) is 43.3 Å². The zero-order valence-corrected chi connectivity index (χ0v) is 19.8. The molecule has 0 bridgehead atoms. The van der Waals surface area contributed by atoms with Gasteiger partial charge in [-0.15, -0.1) is 0 Å². The molecule has 2 aromatic carbocycles. The number of anilines is 1. The molecule has 2 aromatic heterocycles. The number of benzene rings is 2. The number of hydrogen-bond donors (Lipinski definition) is 1. The molecule has 0 aliphatic rings. The number of pyridine rings is 1. The first-order chi connectivity index (χ1) is 15.8. The number of nitrogens with one attached hydrogen (secondary N) is 1. The van der Waals surface area contributed by atoms with E-state index in [0.717, 1.165) is 33.3 Å². The second kappa shape index (κ2) is 8.94. The number of aryl methyl sites for hydroxylation is 4. The van der Waals surface area contributed by atoms with Crippen LogP contribution in [0.3, 0.4) is 0 Å². The number of amides is 1. The van der Waals surface area contributed by atoms with Crippen molar-refractivity contribution in [3.8, 4) is 17.3 Å². The average molecular weight is 445 g/mol. The van der Waals surface area contributed by atoms with Gasteiger partial charge in [-0.3, -0.25) is 4.79 Å². The van der Waals surface area contributed by atoms with Gasteiger partial charge in [-0.1, -0.05) is 17.7 Å². The summed E-state index contributed by atoms with van der Waals surface area (Å²) in [6, 6.07) is 13.6. The molecule has 0 saturated carbocycles. The maximum atomic E-state index is 12.9. The molecule has 7 heteroatoms. The number of aromatic nitrogens is 3. The third-order valence-electron chi connectivity index (χ3n) is 5.57. The van der Waals surface area contributed by atoms with Gasteiger partial charge in [0.2, 0.25) is 5.91 Å². The molecule has 0 atom stereocenters. The number of fused-ring (bicyclic) bond motifs is 1. The molecule has 0 unspecified atom stereocenters. The van der Waals surface area contributed by atoms with Crippen LogP contribution in [0.4, 0.5) is 5.82 Å². The summed E-state index contributed by atoms with van der Waals surface area (Å²) in [7, 11) is 3.16. The Kier molecular flexibility index (Phi) is 6.05. The zero-order valence-electron chi connectivity index (χ0n) is 19.8. The summed E-state index contributed by atoms with van der Waals surface area (Å²) in [4.78, 5) is 17.7. The minimum absolute atomic E-state index is 0.160. The van der Waals surface area contributed by atoms with E-state index < -0.39 is 0 Å². The molecule has 0 radical (unpaired) electrons. The Hall–Kier alpha value is -3.87. The van der Waals surface area contributed by atoms with Crippen LogP contribution in [0.25, 0.3) is 16.7 Å². The lowest BCUT2D eigenvalue weighted by Gasteiger charge is -2.13. The fraction of sp³-hybridized carbons (Fsp3) is 0.269. The van der Waals surface area contributed by atoms with Gasteiger partial charge < -0.3 is 14.8 Å².